The Morgan fingerprint density at radius 3 is 2.52 bits per heavy atom. The van der Waals surface area contributed by atoms with Crippen molar-refractivity contribution < 1.29 is 14.3 Å². The average Bonchev–Trinajstić information content (AvgIpc) is 2.63. The third-order valence-electron chi connectivity index (χ3n) is 4.03. The molecule has 134 valence electrons. The number of methoxy groups -OCH3 is 1. The van der Waals surface area contributed by atoms with Crippen LogP contribution in [0, 0.1) is 6.92 Å². The molecule has 0 saturated heterocycles. The third kappa shape index (κ3) is 6.14. The Morgan fingerprint density at radius 2 is 1.88 bits per heavy atom. The van der Waals surface area contributed by atoms with E-state index in [1.807, 2.05) is 50.2 Å². The van der Waals surface area contributed by atoms with Crippen molar-refractivity contribution in [3.8, 4) is 11.5 Å². The van der Waals surface area contributed by atoms with E-state index in [0.717, 1.165) is 29.9 Å². The standard InChI is InChI=1S/C21H27NO3/c1-4-20(25-19-9-5-7-16(2)15-19)21(23)22-14-6-8-17-10-12-18(24-3)13-11-17/h5,7,9-13,15,20H,4,6,8,14H2,1-3H3,(H,22,23). The Morgan fingerprint density at radius 1 is 1.12 bits per heavy atom. The number of aryl methyl sites for hydroxylation is 2. The van der Waals surface area contributed by atoms with Crippen molar-refractivity contribution in [1.82, 2.24) is 5.32 Å². The number of amides is 1. The number of benzene rings is 2. The minimum atomic E-state index is -0.456. The maximum absolute atomic E-state index is 12.3. The van der Waals surface area contributed by atoms with Crippen molar-refractivity contribution in [3.05, 3.63) is 59.7 Å². The molecular formula is C21H27NO3. The van der Waals surface area contributed by atoms with Crippen molar-refractivity contribution in [1.29, 1.82) is 0 Å². The van der Waals surface area contributed by atoms with Crippen molar-refractivity contribution >= 4 is 5.91 Å². The zero-order valence-electron chi connectivity index (χ0n) is 15.2. The predicted octanol–water partition coefficient (Wildman–Crippen LogP) is 3.91. The summed E-state index contributed by atoms with van der Waals surface area (Å²) in [5.74, 6) is 1.54. The van der Waals surface area contributed by atoms with Gasteiger partial charge in [-0.1, -0.05) is 31.2 Å². The first kappa shape index (κ1) is 18.8. The van der Waals surface area contributed by atoms with Gasteiger partial charge in [-0.05, 0) is 61.6 Å². The molecule has 1 atom stereocenters. The molecule has 0 aliphatic rings. The van der Waals surface area contributed by atoms with Gasteiger partial charge in [0.05, 0.1) is 7.11 Å². The van der Waals surface area contributed by atoms with Gasteiger partial charge >= 0.3 is 0 Å². The Hall–Kier alpha value is -2.49. The first-order valence-electron chi connectivity index (χ1n) is 8.76. The molecule has 0 aliphatic carbocycles. The summed E-state index contributed by atoms with van der Waals surface area (Å²) in [6, 6.07) is 15.8. The molecule has 4 nitrogen and oxygen atoms in total. The van der Waals surface area contributed by atoms with Crippen LogP contribution in [0.5, 0.6) is 11.5 Å². The van der Waals surface area contributed by atoms with Crippen LogP contribution in [0.15, 0.2) is 48.5 Å². The molecule has 0 bridgehead atoms. The highest BCUT2D eigenvalue weighted by Crippen LogP contribution is 2.16. The van der Waals surface area contributed by atoms with Crippen molar-refractivity contribution in [2.75, 3.05) is 13.7 Å². The van der Waals surface area contributed by atoms with Gasteiger partial charge in [-0.2, -0.15) is 0 Å². The van der Waals surface area contributed by atoms with Crippen molar-refractivity contribution in [3.63, 3.8) is 0 Å². The van der Waals surface area contributed by atoms with E-state index < -0.39 is 6.10 Å². The molecule has 2 aromatic rings. The second-order valence-corrected chi connectivity index (χ2v) is 6.07. The lowest BCUT2D eigenvalue weighted by Crippen LogP contribution is -2.38. The molecule has 0 radical (unpaired) electrons. The van der Waals surface area contributed by atoms with E-state index in [9.17, 15) is 4.79 Å². The highest BCUT2D eigenvalue weighted by molar-refractivity contribution is 5.81. The van der Waals surface area contributed by atoms with E-state index in [1.165, 1.54) is 5.56 Å². The summed E-state index contributed by atoms with van der Waals surface area (Å²) in [5.41, 5.74) is 2.35. The summed E-state index contributed by atoms with van der Waals surface area (Å²) in [7, 11) is 1.66. The Kier molecular flexibility index (Phi) is 7.33. The van der Waals surface area contributed by atoms with E-state index in [0.29, 0.717) is 13.0 Å². The largest absolute Gasteiger partial charge is 0.497 e. The summed E-state index contributed by atoms with van der Waals surface area (Å²) in [4.78, 5) is 12.3. The fraction of sp³-hybridized carbons (Fsp3) is 0.381. The number of ether oxygens (including phenoxy) is 2. The minimum Gasteiger partial charge on any atom is -0.497 e. The van der Waals surface area contributed by atoms with Crippen LogP contribution >= 0.6 is 0 Å². The van der Waals surface area contributed by atoms with Gasteiger partial charge in [0.25, 0.3) is 5.91 Å². The quantitative estimate of drug-likeness (QED) is 0.704. The normalized spacial score (nSPS) is 11.6. The zero-order valence-corrected chi connectivity index (χ0v) is 15.2. The number of hydrogen-bond donors (Lipinski definition) is 1. The minimum absolute atomic E-state index is 0.0567. The molecule has 0 aliphatic heterocycles. The van der Waals surface area contributed by atoms with Gasteiger partial charge in [0.2, 0.25) is 0 Å². The van der Waals surface area contributed by atoms with Crippen LogP contribution in [0.3, 0.4) is 0 Å². The number of carbonyl (C=O) groups is 1. The maximum atomic E-state index is 12.3. The van der Waals surface area contributed by atoms with Crippen LogP contribution in [0.25, 0.3) is 0 Å². The lowest BCUT2D eigenvalue weighted by atomic mass is 10.1. The second kappa shape index (κ2) is 9.72. The molecule has 2 rings (SSSR count). The summed E-state index contributed by atoms with van der Waals surface area (Å²) in [6.45, 7) is 4.60. The predicted molar refractivity (Wildman–Crippen MR) is 100 cm³/mol. The molecule has 1 N–H and O–H groups in total. The second-order valence-electron chi connectivity index (χ2n) is 6.07. The van der Waals surface area contributed by atoms with Gasteiger partial charge in [-0.15, -0.1) is 0 Å². The maximum Gasteiger partial charge on any atom is 0.261 e. The lowest BCUT2D eigenvalue weighted by Gasteiger charge is -2.17. The van der Waals surface area contributed by atoms with Crippen LogP contribution in [-0.4, -0.2) is 25.7 Å². The SMILES string of the molecule is CCC(Oc1cccc(C)c1)C(=O)NCCCc1ccc(OC)cc1. The Bertz CT molecular complexity index is 667. The Balaban J connectivity index is 1.75. The molecule has 2 aromatic carbocycles. The molecule has 1 amide bonds. The van der Waals surface area contributed by atoms with E-state index in [2.05, 4.69) is 17.4 Å². The van der Waals surface area contributed by atoms with Crippen LogP contribution in [-0.2, 0) is 11.2 Å². The van der Waals surface area contributed by atoms with Crippen LogP contribution in [0.4, 0.5) is 0 Å². The van der Waals surface area contributed by atoms with E-state index in [1.54, 1.807) is 7.11 Å². The summed E-state index contributed by atoms with van der Waals surface area (Å²) in [5, 5.41) is 2.97. The molecule has 0 fully saturated rings. The van der Waals surface area contributed by atoms with Crippen molar-refractivity contribution in [2.24, 2.45) is 0 Å². The Labute approximate surface area is 150 Å². The first-order valence-corrected chi connectivity index (χ1v) is 8.76. The van der Waals surface area contributed by atoms with Gasteiger partial charge in [-0.3, -0.25) is 4.79 Å². The van der Waals surface area contributed by atoms with Crippen molar-refractivity contribution in [2.45, 2.75) is 39.2 Å². The summed E-state index contributed by atoms with van der Waals surface area (Å²) >= 11 is 0. The molecule has 25 heavy (non-hydrogen) atoms. The fourth-order valence-corrected chi connectivity index (χ4v) is 2.59. The average molecular weight is 341 g/mol. The van der Waals surface area contributed by atoms with Crippen LogP contribution < -0.4 is 14.8 Å². The molecule has 0 spiro atoms. The van der Waals surface area contributed by atoms with Gasteiger partial charge < -0.3 is 14.8 Å². The van der Waals surface area contributed by atoms with E-state index >= 15 is 0 Å². The number of rotatable bonds is 9. The highest BCUT2D eigenvalue weighted by atomic mass is 16.5. The monoisotopic (exact) mass is 341 g/mol. The van der Waals surface area contributed by atoms with Crippen LogP contribution in [0.2, 0.25) is 0 Å². The molecule has 0 saturated carbocycles. The topological polar surface area (TPSA) is 47.6 Å². The highest BCUT2D eigenvalue weighted by Gasteiger charge is 2.17. The molecule has 1 unspecified atom stereocenters. The lowest BCUT2D eigenvalue weighted by molar-refractivity contribution is -0.128. The van der Waals surface area contributed by atoms with Gasteiger partial charge in [-0.25, -0.2) is 0 Å². The number of nitrogens with one attached hydrogen (secondary N) is 1. The van der Waals surface area contributed by atoms with Gasteiger partial charge in [0.1, 0.15) is 11.5 Å². The number of hydrogen-bond acceptors (Lipinski definition) is 3. The fourth-order valence-electron chi connectivity index (χ4n) is 2.59. The van der Waals surface area contributed by atoms with Gasteiger partial charge in [0.15, 0.2) is 6.10 Å². The number of carbonyl (C=O) groups excluding carboxylic acids is 1. The molecule has 4 heteroatoms. The summed E-state index contributed by atoms with van der Waals surface area (Å²) in [6.07, 6.45) is 1.99. The summed E-state index contributed by atoms with van der Waals surface area (Å²) < 4.78 is 11.0. The zero-order chi connectivity index (χ0) is 18.1. The van der Waals surface area contributed by atoms with Gasteiger partial charge in [0, 0.05) is 6.54 Å². The van der Waals surface area contributed by atoms with E-state index in [-0.39, 0.29) is 5.91 Å². The van der Waals surface area contributed by atoms with Crippen LogP contribution in [0.1, 0.15) is 30.9 Å². The molecule has 0 heterocycles. The van der Waals surface area contributed by atoms with E-state index in [4.69, 9.17) is 9.47 Å². The smallest absolute Gasteiger partial charge is 0.261 e. The third-order valence-corrected chi connectivity index (χ3v) is 4.03. The molecular weight excluding hydrogens is 314 g/mol. The molecule has 0 aromatic heterocycles. The first-order chi connectivity index (χ1) is 12.1.